The number of benzene rings is 1. The zero-order valence-corrected chi connectivity index (χ0v) is 13.5. The number of hydrogen-bond acceptors (Lipinski definition) is 6. The molecule has 0 amide bonds. The molecule has 0 bridgehead atoms. The Bertz CT molecular complexity index is 654. The summed E-state index contributed by atoms with van der Waals surface area (Å²) in [5, 5.41) is 11.3. The van der Waals surface area contributed by atoms with E-state index in [9.17, 15) is 14.9 Å². The normalized spacial score (nSPS) is 17.3. The summed E-state index contributed by atoms with van der Waals surface area (Å²) in [6.07, 6.45) is 2.14. The highest BCUT2D eigenvalue weighted by Crippen LogP contribution is 2.39. The van der Waals surface area contributed by atoms with Gasteiger partial charge in [-0.3, -0.25) is 14.9 Å². The molecule has 0 saturated carbocycles. The molecule has 1 saturated heterocycles. The first kappa shape index (κ1) is 17.0. The van der Waals surface area contributed by atoms with Crippen molar-refractivity contribution in [1.82, 2.24) is 4.90 Å². The minimum absolute atomic E-state index is 0.0682. The van der Waals surface area contributed by atoms with Gasteiger partial charge in [-0.15, -0.1) is 0 Å². The van der Waals surface area contributed by atoms with Gasteiger partial charge in [-0.25, -0.2) is 0 Å². The summed E-state index contributed by atoms with van der Waals surface area (Å²) in [5.41, 5.74) is 1.02. The fourth-order valence-corrected chi connectivity index (χ4v) is 2.51. The smallest absolute Gasteiger partial charge is 0.315 e. The molecular formula is C16H20N2O5. The zero-order valence-electron chi connectivity index (χ0n) is 13.5. The maximum Gasteiger partial charge on any atom is 0.315 e. The molecule has 1 aromatic rings. The Morgan fingerprint density at radius 2 is 2.17 bits per heavy atom. The molecule has 1 aliphatic heterocycles. The van der Waals surface area contributed by atoms with Gasteiger partial charge in [0.25, 0.3) is 0 Å². The number of nitrogens with zero attached hydrogens (tertiary/aromatic N) is 2. The summed E-state index contributed by atoms with van der Waals surface area (Å²) in [6.45, 7) is 3.29. The van der Waals surface area contributed by atoms with Gasteiger partial charge in [0, 0.05) is 31.1 Å². The molecule has 7 heteroatoms. The Balaban J connectivity index is 2.49. The minimum Gasteiger partial charge on any atom is -0.493 e. The van der Waals surface area contributed by atoms with Crippen LogP contribution in [0.3, 0.4) is 0 Å². The van der Waals surface area contributed by atoms with E-state index in [2.05, 4.69) is 0 Å². The standard InChI is InChI=1S/C16H20N2O5/c1-4-23-16-13(18(20)21)8-11(9-15(16)22-3)7-12-10-17(2)6-5-14(12)19/h7-9H,4-6,10H2,1-3H3/b12-7+. The fourth-order valence-electron chi connectivity index (χ4n) is 2.51. The number of nitro benzene ring substituents is 1. The predicted molar refractivity (Wildman–Crippen MR) is 85.9 cm³/mol. The Kier molecular flexibility index (Phi) is 5.33. The average Bonchev–Trinajstić information content (AvgIpc) is 2.51. The van der Waals surface area contributed by atoms with Crippen molar-refractivity contribution in [3.8, 4) is 11.5 Å². The van der Waals surface area contributed by atoms with Crippen LogP contribution in [-0.2, 0) is 4.79 Å². The number of likely N-dealkylation sites (tertiary alicyclic amines) is 1. The molecule has 0 N–H and O–H groups in total. The third kappa shape index (κ3) is 3.87. The van der Waals surface area contributed by atoms with E-state index in [1.54, 1.807) is 19.1 Å². The van der Waals surface area contributed by atoms with E-state index in [1.807, 2.05) is 11.9 Å². The Hall–Kier alpha value is -2.41. The molecule has 2 rings (SSSR count). The lowest BCUT2D eigenvalue weighted by molar-refractivity contribution is -0.385. The Morgan fingerprint density at radius 1 is 1.43 bits per heavy atom. The number of nitro groups is 1. The highest BCUT2D eigenvalue weighted by Gasteiger charge is 2.23. The number of methoxy groups -OCH3 is 1. The number of carbonyl (C=O) groups excluding carboxylic acids is 1. The molecule has 23 heavy (non-hydrogen) atoms. The van der Waals surface area contributed by atoms with Gasteiger partial charge in [-0.2, -0.15) is 0 Å². The van der Waals surface area contributed by atoms with Gasteiger partial charge in [-0.05, 0) is 31.7 Å². The highest BCUT2D eigenvalue weighted by molar-refractivity contribution is 6.00. The molecular weight excluding hydrogens is 300 g/mol. The highest BCUT2D eigenvalue weighted by atomic mass is 16.6. The lowest BCUT2D eigenvalue weighted by Crippen LogP contribution is -2.32. The first-order valence-electron chi connectivity index (χ1n) is 7.37. The molecule has 0 aromatic heterocycles. The van der Waals surface area contributed by atoms with Crippen molar-refractivity contribution in [1.29, 1.82) is 0 Å². The predicted octanol–water partition coefficient (Wildman–Crippen LogP) is 2.29. The fraction of sp³-hybridized carbons (Fsp3) is 0.438. The van der Waals surface area contributed by atoms with Crippen molar-refractivity contribution < 1.29 is 19.2 Å². The van der Waals surface area contributed by atoms with Crippen LogP contribution >= 0.6 is 0 Å². The van der Waals surface area contributed by atoms with E-state index in [-0.39, 0.29) is 23.0 Å². The molecule has 0 atom stereocenters. The van der Waals surface area contributed by atoms with Crippen molar-refractivity contribution in [3.05, 3.63) is 33.4 Å². The van der Waals surface area contributed by atoms with Gasteiger partial charge in [0.15, 0.2) is 11.5 Å². The number of piperidine rings is 1. The average molecular weight is 320 g/mol. The molecule has 7 nitrogen and oxygen atoms in total. The maximum absolute atomic E-state index is 12.0. The summed E-state index contributed by atoms with van der Waals surface area (Å²) in [7, 11) is 3.36. The number of likely N-dealkylation sites (N-methyl/N-ethyl adjacent to an activating group) is 1. The van der Waals surface area contributed by atoms with E-state index in [1.165, 1.54) is 13.2 Å². The van der Waals surface area contributed by atoms with Crippen LogP contribution < -0.4 is 9.47 Å². The third-order valence-corrected chi connectivity index (χ3v) is 3.62. The van der Waals surface area contributed by atoms with Crippen LogP contribution in [0.15, 0.2) is 17.7 Å². The molecule has 0 unspecified atom stereocenters. The number of ether oxygens (including phenoxy) is 2. The van der Waals surface area contributed by atoms with E-state index in [4.69, 9.17) is 9.47 Å². The van der Waals surface area contributed by atoms with Crippen LogP contribution in [0.4, 0.5) is 5.69 Å². The van der Waals surface area contributed by atoms with Crippen LogP contribution in [0.1, 0.15) is 18.9 Å². The van der Waals surface area contributed by atoms with Gasteiger partial charge in [-0.1, -0.05) is 0 Å². The number of rotatable bonds is 5. The second-order valence-electron chi connectivity index (χ2n) is 5.34. The summed E-state index contributed by atoms with van der Waals surface area (Å²) in [4.78, 5) is 24.8. The van der Waals surface area contributed by atoms with Gasteiger partial charge in [0.05, 0.1) is 18.6 Å². The van der Waals surface area contributed by atoms with Crippen molar-refractivity contribution in [2.45, 2.75) is 13.3 Å². The number of carbonyl (C=O) groups is 1. The number of Topliss-reactive ketones (excluding diaryl/α,β-unsaturated/α-hetero) is 1. The molecule has 0 aliphatic carbocycles. The van der Waals surface area contributed by atoms with Crippen LogP contribution in [0.25, 0.3) is 6.08 Å². The molecule has 124 valence electrons. The lowest BCUT2D eigenvalue weighted by atomic mass is 10.0. The second kappa shape index (κ2) is 7.23. The largest absolute Gasteiger partial charge is 0.493 e. The van der Waals surface area contributed by atoms with Gasteiger partial charge in [0.1, 0.15) is 0 Å². The zero-order chi connectivity index (χ0) is 17.0. The van der Waals surface area contributed by atoms with Gasteiger partial charge >= 0.3 is 5.69 Å². The third-order valence-electron chi connectivity index (χ3n) is 3.62. The Labute approximate surface area is 134 Å². The summed E-state index contributed by atoms with van der Waals surface area (Å²) in [5.74, 6) is 0.456. The second-order valence-corrected chi connectivity index (χ2v) is 5.34. The maximum atomic E-state index is 12.0. The molecule has 1 aliphatic rings. The summed E-state index contributed by atoms with van der Waals surface area (Å²) >= 11 is 0. The topological polar surface area (TPSA) is 81.9 Å². The minimum atomic E-state index is -0.510. The first-order valence-corrected chi connectivity index (χ1v) is 7.37. The van der Waals surface area contributed by atoms with E-state index >= 15 is 0 Å². The van der Waals surface area contributed by atoms with E-state index in [0.29, 0.717) is 30.7 Å². The first-order chi connectivity index (χ1) is 11.0. The lowest BCUT2D eigenvalue weighted by Gasteiger charge is -2.23. The summed E-state index contributed by atoms with van der Waals surface area (Å²) < 4.78 is 10.6. The van der Waals surface area contributed by atoms with Crippen LogP contribution in [0, 0.1) is 10.1 Å². The molecule has 0 spiro atoms. The van der Waals surface area contributed by atoms with E-state index in [0.717, 1.165) is 6.54 Å². The number of ketones is 1. The van der Waals surface area contributed by atoms with Gasteiger partial charge in [0.2, 0.25) is 5.75 Å². The van der Waals surface area contributed by atoms with Gasteiger partial charge < -0.3 is 14.4 Å². The van der Waals surface area contributed by atoms with Crippen molar-refractivity contribution in [3.63, 3.8) is 0 Å². The molecule has 1 heterocycles. The van der Waals surface area contributed by atoms with Crippen LogP contribution in [0.2, 0.25) is 0 Å². The monoisotopic (exact) mass is 320 g/mol. The van der Waals surface area contributed by atoms with E-state index < -0.39 is 4.92 Å². The molecule has 1 fully saturated rings. The quantitative estimate of drug-likeness (QED) is 0.470. The molecule has 0 radical (unpaired) electrons. The van der Waals surface area contributed by atoms with Crippen LogP contribution in [0.5, 0.6) is 11.5 Å². The van der Waals surface area contributed by atoms with Crippen molar-refractivity contribution in [2.24, 2.45) is 0 Å². The summed E-state index contributed by atoms with van der Waals surface area (Å²) in [6, 6.07) is 3.05. The number of hydrogen-bond donors (Lipinski definition) is 0. The van der Waals surface area contributed by atoms with Crippen molar-refractivity contribution >= 4 is 17.5 Å². The SMILES string of the molecule is CCOc1c(OC)cc(/C=C2\CN(C)CCC2=O)cc1[N+](=O)[O-]. The molecule has 1 aromatic carbocycles. The Morgan fingerprint density at radius 3 is 2.78 bits per heavy atom. The van der Waals surface area contributed by atoms with Crippen LogP contribution in [-0.4, -0.2) is 49.5 Å². The van der Waals surface area contributed by atoms with Crippen molar-refractivity contribution in [2.75, 3.05) is 33.9 Å².